The van der Waals surface area contributed by atoms with Crippen LogP contribution in [0.3, 0.4) is 0 Å². The molecule has 0 saturated carbocycles. The van der Waals surface area contributed by atoms with E-state index in [1.165, 1.54) is 5.56 Å². The highest BCUT2D eigenvalue weighted by atomic mass is 16.5. The molecule has 0 aromatic heterocycles. The Morgan fingerprint density at radius 1 is 1.22 bits per heavy atom. The topological polar surface area (TPSA) is 41.5 Å². The Balaban J connectivity index is 2.86. The molecule has 0 bridgehead atoms. The Kier molecular flexibility index (Phi) is 6.33. The van der Waals surface area contributed by atoms with E-state index in [0.717, 1.165) is 24.9 Å². The zero-order valence-corrected chi connectivity index (χ0v) is 11.7. The van der Waals surface area contributed by atoms with Gasteiger partial charge in [-0.3, -0.25) is 0 Å². The van der Waals surface area contributed by atoms with Crippen LogP contribution < -0.4 is 5.32 Å². The summed E-state index contributed by atoms with van der Waals surface area (Å²) in [6, 6.07) is 8.48. The Morgan fingerprint density at radius 3 is 2.33 bits per heavy atom. The molecule has 0 spiro atoms. The van der Waals surface area contributed by atoms with Crippen molar-refractivity contribution in [2.45, 2.75) is 32.2 Å². The van der Waals surface area contributed by atoms with Gasteiger partial charge >= 0.3 is 0 Å². The van der Waals surface area contributed by atoms with Gasteiger partial charge < -0.3 is 15.2 Å². The predicted octanol–water partition coefficient (Wildman–Crippen LogP) is 2.08. The lowest BCUT2D eigenvalue weighted by Crippen LogP contribution is -2.46. The van der Waals surface area contributed by atoms with Crippen molar-refractivity contribution in [1.29, 1.82) is 0 Å². The summed E-state index contributed by atoms with van der Waals surface area (Å²) in [5.41, 5.74) is 2.10. The highest BCUT2D eigenvalue weighted by molar-refractivity contribution is 5.29. The number of hydrogen-bond donors (Lipinski definition) is 2. The van der Waals surface area contributed by atoms with Gasteiger partial charge in [-0.1, -0.05) is 38.1 Å². The van der Waals surface area contributed by atoms with E-state index in [1.54, 1.807) is 7.11 Å². The zero-order valence-electron chi connectivity index (χ0n) is 11.7. The first-order valence-corrected chi connectivity index (χ1v) is 6.66. The van der Waals surface area contributed by atoms with Gasteiger partial charge in [0.05, 0.1) is 18.8 Å². The fourth-order valence-corrected chi connectivity index (χ4v) is 2.14. The summed E-state index contributed by atoms with van der Waals surface area (Å²) in [5, 5.41) is 13.2. The van der Waals surface area contributed by atoms with Gasteiger partial charge in [-0.2, -0.15) is 0 Å². The minimum atomic E-state index is -0.356. The van der Waals surface area contributed by atoms with E-state index in [4.69, 9.17) is 4.74 Å². The van der Waals surface area contributed by atoms with Gasteiger partial charge in [0.1, 0.15) is 0 Å². The third-order valence-corrected chi connectivity index (χ3v) is 3.56. The van der Waals surface area contributed by atoms with Crippen LogP contribution in [0, 0.1) is 0 Å². The summed E-state index contributed by atoms with van der Waals surface area (Å²) in [7, 11) is 1.68. The molecule has 0 heterocycles. The van der Waals surface area contributed by atoms with Crippen LogP contribution in [0.5, 0.6) is 0 Å². The number of nitrogens with one attached hydrogen (secondary N) is 1. The number of aliphatic hydroxyl groups is 1. The predicted molar refractivity (Wildman–Crippen MR) is 74.8 cm³/mol. The largest absolute Gasteiger partial charge is 0.394 e. The van der Waals surface area contributed by atoms with E-state index in [2.05, 4.69) is 43.4 Å². The van der Waals surface area contributed by atoms with E-state index in [9.17, 15) is 5.11 Å². The molecule has 1 aromatic rings. The van der Waals surface area contributed by atoms with Crippen LogP contribution in [0.2, 0.25) is 0 Å². The Morgan fingerprint density at radius 2 is 1.89 bits per heavy atom. The number of benzene rings is 1. The van der Waals surface area contributed by atoms with Gasteiger partial charge in [0, 0.05) is 13.7 Å². The quantitative estimate of drug-likeness (QED) is 0.695. The molecule has 3 nitrogen and oxygen atoms in total. The van der Waals surface area contributed by atoms with Gasteiger partial charge in [-0.25, -0.2) is 0 Å². The van der Waals surface area contributed by atoms with E-state index in [0.29, 0.717) is 6.61 Å². The number of methoxy groups -OCH3 is 1. The van der Waals surface area contributed by atoms with E-state index < -0.39 is 0 Å². The van der Waals surface area contributed by atoms with Crippen molar-refractivity contribution in [3.8, 4) is 0 Å². The maximum atomic E-state index is 9.75. The van der Waals surface area contributed by atoms with E-state index in [-0.39, 0.29) is 12.1 Å². The normalized spacial score (nSPS) is 14.4. The monoisotopic (exact) mass is 251 g/mol. The molecule has 1 rings (SSSR count). The van der Waals surface area contributed by atoms with Gasteiger partial charge in [-0.15, -0.1) is 0 Å². The van der Waals surface area contributed by atoms with Crippen LogP contribution in [0.1, 0.15) is 31.4 Å². The smallest absolute Gasteiger partial charge is 0.0667 e. The van der Waals surface area contributed by atoms with Crippen LogP contribution in [0.15, 0.2) is 24.3 Å². The molecule has 1 aromatic carbocycles. The number of hydrogen-bond acceptors (Lipinski definition) is 3. The summed E-state index contributed by atoms with van der Waals surface area (Å²) >= 11 is 0. The first kappa shape index (κ1) is 15.2. The Hall–Kier alpha value is -0.900. The fraction of sp³-hybridized carbons (Fsp3) is 0.600. The number of ether oxygens (including phenoxy) is 1. The highest BCUT2D eigenvalue weighted by Crippen LogP contribution is 2.25. The summed E-state index contributed by atoms with van der Waals surface area (Å²) in [5.74, 6) is 0. The molecule has 0 aliphatic rings. The highest BCUT2D eigenvalue weighted by Gasteiger charge is 2.28. The summed E-state index contributed by atoms with van der Waals surface area (Å²) in [6.07, 6.45) is 1.88. The second-order valence-electron chi connectivity index (χ2n) is 4.56. The minimum Gasteiger partial charge on any atom is -0.394 e. The number of aryl methyl sites for hydroxylation is 1. The van der Waals surface area contributed by atoms with Crippen molar-refractivity contribution >= 4 is 0 Å². The van der Waals surface area contributed by atoms with Gasteiger partial charge in [0.2, 0.25) is 0 Å². The van der Waals surface area contributed by atoms with Crippen molar-refractivity contribution in [3.63, 3.8) is 0 Å². The molecule has 3 heteroatoms. The van der Waals surface area contributed by atoms with Gasteiger partial charge in [0.25, 0.3) is 0 Å². The first-order chi connectivity index (χ1) is 8.72. The fourth-order valence-electron chi connectivity index (χ4n) is 2.14. The SMILES string of the molecule is CCc1ccc(C(CC)(CO)NCCOC)cc1. The molecule has 0 amide bonds. The molecule has 2 N–H and O–H groups in total. The van der Waals surface area contributed by atoms with Crippen molar-refractivity contribution in [3.05, 3.63) is 35.4 Å². The lowest BCUT2D eigenvalue weighted by molar-refractivity contribution is 0.134. The van der Waals surface area contributed by atoms with Crippen LogP contribution in [-0.2, 0) is 16.7 Å². The van der Waals surface area contributed by atoms with Crippen molar-refractivity contribution in [1.82, 2.24) is 5.32 Å². The van der Waals surface area contributed by atoms with Crippen LogP contribution in [0.4, 0.5) is 0 Å². The van der Waals surface area contributed by atoms with Gasteiger partial charge in [-0.05, 0) is 24.0 Å². The molecule has 0 aliphatic carbocycles. The molecule has 102 valence electrons. The van der Waals surface area contributed by atoms with E-state index >= 15 is 0 Å². The standard InChI is InChI=1S/C15H25NO2/c1-4-13-6-8-14(9-7-13)15(5-2,12-17)16-10-11-18-3/h6-9,16-17H,4-5,10-12H2,1-3H3. The van der Waals surface area contributed by atoms with Crippen LogP contribution >= 0.6 is 0 Å². The second kappa shape index (κ2) is 7.52. The third kappa shape index (κ3) is 3.55. The van der Waals surface area contributed by atoms with Crippen molar-refractivity contribution in [2.24, 2.45) is 0 Å². The molecular formula is C15H25NO2. The molecular weight excluding hydrogens is 226 g/mol. The molecule has 0 radical (unpaired) electrons. The summed E-state index contributed by atoms with van der Waals surface area (Å²) in [4.78, 5) is 0. The Bertz CT molecular complexity index is 331. The third-order valence-electron chi connectivity index (χ3n) is 3.56. The average molecular weight is 251 g/mol. The lowest BCUT2D eigenvalue weighted by atomic mass is 9.87. The molecule has 1 atom stereocenters. The average Bonchev–Trinajstić information content (AvgIpc) is 2.44. The number of rotatable bonds is 8. The summed E-state index contributed by atoms with van der Waals surface area (Å²) < 4.78 is 5.05. The van der Waals surface area contributed by atoms with Crippen molar-refractivity contribution in [2.75, 3.05) is 26.9 Å². The summed E-state index contributed by atoms with van der Waals surface area (Å²) in [6.45, 7) is 5.71. The van der Waals surface area contributed by atoms with Crippen molar-refractivity contribution < 1.29 is 9.84 Å². The number of aliphatic hydroxyl groups excluding tert-OH is 1. The molecule has 0 fully saturated rings. The Labute approximate surface area is 110 Å². The van der Waals surface area contributed by atoms with E-state index in [1.807, 2.05) is 0 Å². The maximum absolute atomic E-state index is 9.75. The lowest BCUT2D eigenvalue weighted by Gasteiger charge is -2.33. The molecule has 0 saturated heterocycles. The zero-order chi connectivity index (χ0) is 13.4. The van der Waals surface area contributed by atoms with Crippen LogP contribution in [0.25, 0.3) is 0 Å². The molecule has 18 heavy (non-hydrogen) atoms. The first-order valence-electron chi connectivity index (χ1n) is 6.66. The molecule has 1 unspecified atom stereocenters. The van der Waals surface area contributed by atoms with Crippen LogP contribution in [-0.4, -0.2) is 32.0 Å². The molecule has 0 aliphatic heterocycles. The van der Waals surface area contributed by atoms with Gasteiger partial charge in [0.15, 0.2) is 0 Å². The second-order valence-corrected chi connectivity index (χ2v) is 4.56. The maximum Gasteiger partial charge on any atom is 0.0667 e. The minimum absolute atomic E-state index is 0.0959.